The van der Waals surface area contributed by atoms with Crippen LogP contribution in [0.4, 0.5) is 0 Å². The summed E-state index contributed by atoms with van der Waals surface area (Å²) in [5.74, 6) is 0. The number of thiazole rings is 1. The van der Waals surface area contributed by atoms with Gasteiger partial charge in [0.05, 0.1) is 11.9 Å². The van der Waals surface area contributed by atoms with Gasteiger partial charge in [-0.3, -0.25) is 4.99 Å². The van der Waals surface area contributed by atoms with E-state index in [9.17, 15) is 0 Å². The third-order valence-corrected chi connectivity index (χ3v) is 5.01. The van der Waals surface area contributed by atoms with Gasteiger partial charge < -0.3 is 0 Å². The Hall–Kier alpha value is -1.69. The van der Waals surface area contributed by atoms with Crippen molar-refractivity contribution < 1.29 is 0 Å². The van der Waals surface area contributed by atoms with Gasteiger partial charge in [0.25, 0.3) is 0 Å². The fraction of sp³-hybridized carbons (Fsp3) is 0.0588. The van der Waals surface area contributed by atoms with Crippen LogP contribution >= 0.6 is 38.9 Å². The summed E-state index contributed by atoms with van der Waals surface area (Å²) in [4.78, 5) is 5.12. The normalized spacial score (nSPS) is 12.2. The number of hydrogen-bond acceptors (Lipinski definition) is 3. The molecule has 0 amide bonds. The monoisotopic (exact) mass is 405 g/mol. The number of benzene rings is 2. The van der Waals surface area contributed by atoms with E-state index in [-0.39, 0.29) is 0 Å². The van der Waals surface area contributed by atoms with Crippen LogP contribution in [0, 0.1) is 0 Å². The van der Waals surface area contributed by atoms with E-state index in [0.717, 1.165) is 26.1 Å². The molecule has 1 aromatic heterocycles. The molecule has 0 aliphatic carbocycles. The average Bonchev–Trinajstić information content (AvgIpc) is 2.98. The van der Waals surface area contributed by atoms with Crippen molar-refractivity contribution in [3.05, 3.63) is 73.8 Å². The largest absolute Gasteiger partial charge is 0.261 e. The van der Waals surface area contributed by atoms with Gasteiger partial charge in [0.1, 0.15) is 0 Å². The minimum Gasteiger partial charge on any atom is -0.261 e. The molecule has 3 rings (SSSR count). The molecule has 3 aromatic rings. The second-order valence-electron chi connectivity index (χ2n) is 4.71. The van der Waals surface area contributed by atoms with Crippen LogP contribution in [0.5, 0.6) is 0 Å². The Morgan fingerprint density at radius 3 is 2.57 bits per heavy atom. The quantitative estimate of drug-likeness (QED) is 0.545. The maximum atomic E-state index is 6.19. The summed E-state index contributed by atoms with van der Waals surface area (Å²) in [6.07, 6.45) is 1.76. The number of aromatic nitrogens is 1. The van der Waals surface area contributed by atoms with E-state index in [1.807, 2.05) is 53.2 Å². The van der Waals surface area contributed by atoms with Crippen molar-refractivity contribution in [3.63, 3.8) is 0 Å². The maximum absolute atomic E-state index is 6.19. The molecule has 0 fully saturated rings. The lowest BCUT2D eigenvalue weighted by Gasteiger charge is -2.04. The third-order valence-electron chi connectivity index (χ3n) is 3.23. The standard InChI is InChI=1S/C17H13BrClN3S/c1-20-17-22(21-10-13-4-2-3-5-15(13)19)16(11-23-17)12-6-8-14(18)9-7-12/h2-11H,1H3. The molecular formula is C17H13BrClN3S. The first-order valence-electron chi connectivity index (χ1n) is 6.87. The van der Waals surface area contributed by atoms with Crippen molar-refractivity contribution in [2.24, 2.45) is 10.1 Å². The van der Waals surface area contributed by atoms with Crippen LogP contribution in [-0.4, -0.2) is 17.9 Å². The molecule has 6 heteroatoms. The SMILES string of the molecule is CN=c1scc(-c2ccc(Br)cc2)n1N=Cc1ccccc1Cl. The Labute approximate surface area is 151 Å². The number of halogens is 2. The lowest BCUT2D eigenvalue weighted by atomic mass is 10.2. The summed E-state index contributed by atoms with van der Waals surface area (Å²) < 4.78 is 2.88. The Morgan fingerprint density at radius 1 is 1.13 bits per heavy atom. The van der Waals surface area contributed by atoms with E-state index in [1.54, 1.807) is 24.6 Å². The first kappa shape index (κ1) is 16.2. The lowest BCUT2D eigenvalue weighted by molar-refractivity contribution is 0.848. The van der Waals surface area contributed by atoms with Gasteiger partial charge in [-0.05, 0) is 18.2 Å². The second kappa shape index (κ2) is 7.25. The second-order valence-corrected chi connectivity index (χ2v) is 6.87. The number of nitrogens with zero attached hydrogens (tertiary/aromatic N) is 3. The topological polar surface area (TPSA) is 29.6 Å². The van der Waals surface area contributed by atoms with Gasteiger partial charge in [0.2, 0.25) is 4.80 Å². The zero-order valence-corrected chi connectivity index (χ0v) is 15.4. The Balaban J connectivity index is 2.06. The van der Waals surface area contributed by atoms with E-state index < -0.39 is 0 Å². The Morgan fingerprint density at radius 2 is 1.87 bits per heavy atom. The molecule has 23 heavy (non-hydrogen) atoms. The van der Waals surface area contributed by atoms with Crippen molar-refractivity contribution in [1.29, 1.82) is 0 Å². The van der Waals surface area contributed by atoms with Crippen LogP contribution in [0.1, 0.15) is 5.56 Å². The summed E-state index contributed by atoms with van der Waals surface area (Å²) >= 11 is 11.2. The summed E-state index contributed by atoms with van der Waals surface area (Å²) in [6.45, 7) is 0. The highest BCUT2D eigenvalue weighted by Crippen LogP contribution is 2.22. The van der Waals surface area contributed by atoms with Crippen molar-refractivity contribution >= 4 is 45.1 Å². The molecule has 0 unspecified atom stereocenters. The number of hydrogen-bond donors (Lipinski definition) is 0. The van der Waals surface area contributed by atoms with Crippen molar-refractivity contribution in [1.82, 2.24) is 4.68 Å². The van der Waals surface area contributed by atoms with E-state index in [2.05, 4.69) is 31.4 Å². The molecular weight excluding hydrogens is 394 g/mol. The molecule has 0 spiro atoms. The molecule has 0 radical (unpaired) electrons. The van der Waals surface area contributed by atoms with Gasteiger partial charge in [-0.2, -0.15) is 5.10 Å². The van der Waals surface area contributed by atoms with Crippen LogP contribution in [0.15, 0.2) is 68.5 Å². The van der Waals surface area contributed by atoms with E-state index in [4.69, 9.17) is 11.6 Å². The summed E-state index contributed by atoms with van der Waals surface area (Å²) in [5, 5.41) is 7.30. The van der Waals surface area contributed by atoms with E-state index in [0.29, 0.717) is 5.02 Å². The zero-order valence-electron chi connectivity index (χ0n) is 12.3. The minimum absolute atomic E-state index is 0.673. The lowest BCUT2D eigenvalue weighted by Crippen LogP contribution is -2.11. The van der Waals surface area contributed by atoms with E-state index >= 15 is 0 Å². The Kier molecular flexibility index (Phi) is 5.10. The molecule has 0 saturated heterocycles. The minimum atomic E-state index is 0.673. The molecule has 0 N–H and O–H groups in total. The molecule has 0 bridgehead atoms. The van der Waals surface area contributed by atoms with Gasteiger partial charge in [-0.25, -0.2) is 4.68 Å². The first-order valence-corrected chi connectivity index (χ1v) is 8.92. The molecule has 2 aromatic carbocycles. The third kappa shape index (κ3) is 3.63. The number of rotatable bonds is 3. The van der Waals surface area contributed by atoms with Crippen molar-refractivity contribution in [2.45, 2.75) is 0 Å². The highest BCUT2D eigenvalue weighted by Gasteiger charge is 2.07. The molecule has 1 heterocycles. The predicted octanol–water partition coefficient (Wildman–Crippen LogP) is 5.05. The average molecular weight is 407 g/mol. The molecule has 0 aliphatic rings. The highest BCUT2D eigenvalue weighted by molar-refractivity contribution is 9.10. The van der Waals surface area contributed by atoms with E-state index in [1.165, 1.54) is 0 Å². The van der Waals surface area contributed by atoms with Crippen LogP contribution in [-0.2, 0) is 0 Å². The van der Waals surface area contributed by atoms with Crippen LogP contribution in [0.2, 0.25) is 5.02 Å². The molecule has 0 saturated carbocycles. The molecule has 0 atom stereocenters. The fourth-order valence-corrected chi connectivity index (χ4v) is 3.33. The summed E-state index contributed by atoms with van der Waals surface area (Å²) in [7, 11) is 1.76. The van der Waals surface area contributed by atoms with Gasteiger partial charge in [-0.15, -0.1) is 11.3 Å². The molecule has 0 aliphatic heterocycles. The molecule has 116 valence electrons. The summed E-state index contributed by atoms with van der Waals surface area (Å²) in [6, 6.07) is 15.7. The molecule has 3 nitrogen and oxygen atoms in total. The predicted molar refractivity (Wildman–Crippen MR) is 101 cm³/mol. The van der Waals surface area contributed by atoms with Crippen molar-refractivity contribution in [2.75, 3.05) is 7.05 Å². The van der Waals surface area contributed by atoms with Crippen LogP contribution in [0.3, 0.4) is 0 Å². The van der Waals surface area contributed by atoms with Gasteiger partial charge in [0, 0.05) is 33.0 Å². The van der Waals surface area contributed by atoms with Gasteiger partial charge >= 0.3 is 0 Å². The summed E-state index contributed by atoms with van der Waals surface area (Å²) in [5.41, 5.74) is 2.94. The zero-order chi connectivity index (χ0) is 16.2. The van der Waals surface area contributed by atoms with Crippen LogP contribution < -0.4 is 4.80 Å². The van der Waals surface area contributed by atoms with Gasteiger partial charge in [-0.1, -0.05) is 57.9 Å². The van der Waals surface area contributed by atoms with Crippen LogP contribution in [0.25, 0.3) is 11.3 Å². The first-order chi connectivity index (χ1) is 11.2. The fourth-order valence-electron chi connectivity index (χ4n) is 2.08. The van der Waals surface area contributed by atoms with Gasteiger partial charge in [0.15, 0.2) is 0 Å². The smallest absolute Gasteiger partial charge is 0.205 e. The maximum Gasteiger partial charge on any atom is 0.205 e. The Bertz CT molecular complexity index is 910. The van der Waals surface area contributed by atoms with Crippen molar-refractivity contribution in [3.8, 4) is 11.3 Å². The highest BCUT2D eigenvalue weighted by atomic mass is 79.9.